The predicted octanol–water partition coefficient (Wildman–Crippen LogP) is 0.335. The molecular weight excluding hydrogens is 426 g/mol. The van der Waals surface area contributed by atoms with Gasteiger partial charge in [0.1, 0.15) is 6.10 Å². The zero-order valence-electron chi connectivity index (χ0n) is 20.4. The molecule has 0 aromatic carbocycles. The van der Waals surface area contributed by atoms with Crippen LogP contribution in [0, 0.1) is 40.4 Å². The second-order valence-corrected chi connectivity index (χ2v) is 11.7. The Balaban J connectivity index is 1.61. The first kappa shape index (κ1) is 22.8. The molecule has 6 rings (SSSR count). The summed E-state index contributed by atoms with van der Waals surface area (Å²) in [6.45, 7) is 4.12. The van der Waals surface area contributed by atoms with Gasteiger partial charge >= 0.3 is 0 Å². The van der Waals surface area contributed by atoms with Crippen LogP contribution in [-0.2, 0) is 23.7 Å². The highest BCUT2D eigenvalue weighted by Crippen LogP contribution is 2.80. The summed E-state index contributed by atoms with van der Waals surface area (Å²) in [5.74, 6) is -0.192. The maximum atomic E-state index is 13.2. The summed E-state index contributed by atoms with van der Waals surface area (Å²) in [4.78, 5) is 15.7. The number of fused-ring (bicyclic) bond motifs is 1. The van der Waals surface area contributed by atoms with Crippen molar-refractivity contribution in [2.75, 3.05) is 48.1 Å². The maximum absolute atomic E-state index is 13.2. The van der Waals surface area contributed by atoms with Crippen LogP contribution in [0.2, 0.25) is 0 Å². The number of Topliss-reactive ketones (excluding diaryl/α,β-unsaturated/α-hetero) is 1. The third-order valence-electron chi connectivity index (χ3n) is 11.3. The monoisotopic (exact) mass is 465 g/mol. The molecule has 13 atom stereocenters. The van der Waals surface area contributed by atoms with Gasteiger partial charge in [-0.1, -0.05) is 6.92 Å². The van der Waals surface area contributed by atoms with Crippen molar-refractivity contribution in [3.63, 3.8) is 0 Å². The van der Waals surface area contributed by atoms with Crippen LogP contribution < -0.4 is 0 Å². The number of ether oxygens (including phenoxy) is 4. The van der Waals surface area contributed by atoms with E-state index in [0.29, 0.717) is 26.0 Å². The normalized spacial score (nSPS) is 58.7. The van der Waals surface area contributed by atoms with Crippen LogP contribution >= 0.6 is 0 Å². The van der Waals surface area contributed by atoms with Gasteiger partial charge in [-0.3, -0.25) is 9.69 Å². The quantitative estimate of drug-likeness (QED) is 0.580. The first-order valence-corrected chi connectivity index (χ1v) is 12.6. The minimum absolute atomic E-state index is 0.0156. The first-order valence-electron chi connectivity index (χ1n) is 12.6. The Labute approximate surface area is 195 Å². The molecular formula is C25H39NO7. The fourth-order valence-corrected chi connectivity index (χ4v) is 10.6. The van der Waals surface area contributed by atoms with Crippen LogP contribution in [0.15, 0.2) is 0 Å². The van der Waals surface area contributed by atoms with Gasteiger partial charge in [0.15, 0.2) is 5.78 Å². The van der Waals surface area contributed by atoms with Gasteiger partial charge < -0.3 is 29.2 Å². The van der Waals surface area contributed by atoms with E-state index in [2.05, 4.69) is 11.8 Å². The highest BCUT2D eigenvalue weighted by molar-refractivity contribution is 5.88. The lowest BCUT2D eigenvalue weighted by Gasteiger charge is -2.75. The van der Waals surface area contributed by atoms with Crippen LogP contribution in [0.1, 0.15) is 26.2 Å². The Bertz CT molecular complexity index is 840. The molecule has 1 saturated heterocycles. The minimum Gasteiger partial charge on any atom is -0.392 e. The Morgan fingerprint density at radius 1 is 1.09 bits per heavy atom. The van der Waals surface area contributed by atoms with Crippen LogP contribution in [0.5, 0.6) is 0 Å². The summed E-state index contributed by atoms with van der Waals surface area (Å²) in [6.07, 6.45) is 0.0408. The molecule has 2 N–H and O–H groups in total. The molecule has 33 heavy (non-hydrogen) atoms. The van der Waals surface area contributed by atoms with E-state index in [4.69, 9.17) is 18.9 Å². The number of hydrogen-bond acceptors (Lipinski definition) is 8. The molecule has 0 aromatic heterocycles. The van der Waals surface area contributed by atoms with Gasteiger partial charge in [-0.05, 0) is 18.9 Å². The Morgan fingerprint density at radius 2 is 1.85 bits per heavy atom. The molecule has 5 aliphatic carbocycles. The molecule has 6 aliphatic rings. The topological polar surface area (TPSA) is 97.7 Å². The summed E-state index contributed by atoms with van der Waals surface area (Å²) < 4.78 is 23.9. The summed E-state index contributed by atoms with van der Waals surface area (Å²) in [7, 11) is 6.77. The van der Waals surface area contributed by atoms with Crippen molar-refractivity contribution in [2.24, 2.45) is 40.4 Å². The molecule has 0 amide bonds. The first-order chi connectivity index (χ1) is 15.8. The number of piperidine rings is 1. The number of aliphatic hydroxyl groups excluding tert-OH is 1. The van der Waals surface area contributed by atoms with Crippen molar-refractivity contribution in [3.05, 3.63) is 0 Å². The molecule has 5 saturated carbocycles. The average molecular weight is 466 g/mol. The molecule has 5 bridgehead atoms. The molecule has 1 heterocycles. The largest absolute Gasteiger partial charge is 0.392 e. The lowest BCUT2D eigenvalue weighted by atomic mass is 9.34. The van der Waals surface area contributed by atoms with Crippen molar-refractivity contribution in [1.29, 1.82) is 0 Å². The van der Waals surface area contributed by atoms with Crippen molar-refractivity contribution in [1.82, 2.24) is 4.90 Å². The Kier molecular flexibility index (Phi) is 4.99. The number of likely N-dealkylation sites (tertiary alicyclic amines) is 1. The van der Waals surface area contributed by atoms with Crippen molar-refractivity contribution < 1.29 is 34.0 Å². The van der Waals surface area contributed by atoms with E-state index >= 15 is 0 Å². The zero-order chi connectivity index (χ0) is 23.5. The third kappa shape index (κ3) is 2.27. The van der Waals surface area contributed by atoms with Gasteiger partial charge in [0, 0.05) is 88.4 Å². The number of nitrogens with zero attached hydrogens (tertiary/aromatic N) is 1. The van der Waals surface area contributed by atoms with Crippen LogP contribution in [0.3, 0.4) is 0 Å². The van der Waals surface area contributed by atoms with E-state index in [-0.39, 0.29) is 59.0 Å². The molecule has 8 heteroatoms. The van der Waals surface area contributed by atoms with E-state index in [1.807, 2.05) is 0 Å². The van der Waals surface area contributed by atoms with E-state index in [1.54, 1.807) is 28.4 Å². The molecule has 1 aliphatic heterocycles. The summed E-state index contributed by atoms with van der Waals surface area (Å²) in [6, 6.07) is 0.0674. The molecule has 2 unspecified atom stereocenters. The van der Waals surface area contributed by atoms with Gasteiger partial charge in [0.05, 0.1) is 30.5 Å². The highest BCUT2D eigenvalue weighted by Gasteiger charge is 2.88. The lowest BCUT2D eigenvalue weighted by Crippen LogP contribution is -2.82. The average Bonchev–Trinajstić information content (AvgIpc) is 2.97. The zero-order valence-corrected chi connectivity index (χ0v) is 20.4. The van der Waals surface area contributed by atoms with E-state index in [1.165, 1.54) is 0 Å². The third-order valence-corrected chi connectivity index (χ3v) is 11.3. The number of aliphatic hydroxyl groups is 2. The van der Waals surface area contributed by atoms with E-state index in [0.717, 1.165) is 13.0 Å². The number of hydrogen-bond donors (Lipinski definition) is 2. The van der Waals surface area contributed by atoms with Crippen LogP contribution in [0.4, 0.5) is 0 Å². The second-order valence-electron chi connectivity index (χ2n) is 11.7. The summed E-state index contributed by atoms with van der Waals surface area (Å²) in [5, 5.41) is 24.2. The lowest BCUT2D eigenvalue weighted by molar-refractivity contribution is -0.324. The maximum Gasteiger partial charge on any atom is 0.165 e. The Hall–Kier alpha value is -0.610. The second kappa shape index (κ2) is 7.21. The van der Waals surface area contributed by atoms with Gasteiger partial charge in [-0.15, -0.1) is 0 Å². The fraction of sp³-hybridized carbons (Fsp3) is 0.960. The number of carbonyl (C=O) groups excluding carboxylic acids is 1. The number of rotatable bonds is 6. The highest BCUT2D eigenvalue weighted by atomic mass is 16.5. The van der Waals surface area contributed by atoms with E-state index < -0.39 is 23.2 Å². The van der Waals surface area contributed by atoms with Gasteiger partial charge in [-0.25, -0.2) is 0 Å². The molecule has 186 valence electrons. The van der Waals surface area contributed by atoms with Gasteiger partial charge in [0.2, 0.25) is 0 Å². The molecule has 8 nitrogen and oxygen atoms in total. The predicted molar refractivity (Wildman–Crippen MR) is 117 cm³/mol. The van der Waals surface area contributed by atoms with Gasteiger partial charge in [0.25, 0.3) is 0 Å². The number of carbonyl (C=O) groups is 1. The van der Waals surface area contributed by atoms with Crippen LogP contribution in [0.25, 0.3) is 0 Å². The molecule has 0 aromatic rings. The SMILES string of the molecule is CCN1C[C@]2(COC)C(O)C[C@H](OC)[C@@]34[C@@H]5CC6C(=O)[C@H](OC)C[C@](O)([C@@H]([C@H](OC)[C@H]23)[C@@H]14)[C@@H]65. The van der Waals surface area contributed by atoms with Gasteiger partial charge in [-0.2, -0.15) is 0 Å². The number of ketones is 1. The molecule has 0 radical (unpaired) electrons. The number of methoxy groups -OCH3 is 4. The Morgan fingerprint density at radius 3 is 2.45 bits per heavy atom. The summed E-state index contributed by atoms with van der Waals surface area (Å²) in [5.41, 5.74) is -1.85. The smallest absolute Gasteiger partial charge is 0.165 e. The fourth-order valence-electron chi connectivity index (χ4n) is 10.6. The van der Waals surface area contributed by atoms with Crippen molar-refractivity contribution >= 4 is 5.78 Å². The van der Waals surface area contributed by atoms with Crippen molar-refractivity contribution in [3.8, 4) is 0 Å². The van der Waals surface area contributed by atoms with E-state index in [9.17, 15) is 15.0 Å². The molecule has 1 spiro atoms. The van der Waals surface area contributed by atoms with Crippen LogP contribution in [-0.4, -0.2) is 105 Å². The molecule has 6 fully saturated rings. The minimum atomic E-state index is -1.05. The van der Waals surface area contributed by atoms with Crippen molar-refractivity contribution in [2.45, 2.75) is 62.2 Å². The summed E-state index contributed by atoms with van der Waals surface area (Å²) >= 11 is 0. The standard InChI is InChI=1S/C25H39NO7/c1-6-26-10-23(11-30-2)15(27)8-16(32-4)25-13-7-12-17(13)24(29,9-14(31-3)19(12)28)18(22(25)26)20(33-5)21(23)25/h12-18,20-22,27,29H,6-11H2,1-5H3/t12?,13-,14-,15?,16+,17+,18+,20+,21-,22-,23+,24-,25+/m1/s1.